The summed E-state index contributed by atoms with van der Waals surface area (Å²) in [7, 11) is -2.07. The number of rotatable bonds is 7. The molecule has 4 rings (SSSR count). The van der Waals surface area contributed by atoms with Gasteiger partial charge >= 0.3 is 0 Å². The number of hydrogen-bond acceptors (Lipinski definition) is 5. The van der Waals surface area contributed by atoms with Crippen molar-refractivity contribution in [3.05, 3.63) is 83.0 Å². The molecule has 2 aromatic carbocycles. The maximum atomic E-state index is 12.9. The van der Waals surface area contributed by atoms with E-state index in [4.69, 9.17) is 0 Å². The van der Waals surface area contributed by atoms with Crippen LogP contribution in [0.4, 0.5) is 11.5 Å². The number of nitrogens with zero attached hydrogens (tertiary/aromatic N) is 1. The summed E-state index contributed by atoms with van der Waals surface area (Å²) < 4.78 is 28.7. The Morgan fingerprint density at radius 2 is 1.91 bits per heavy atom. The average molecular weight is 451 g/mol. The van der Waals surface area contributed by atoms with Crippen LogP contribution in [-0.4, -0.2) is 26.4 Å². The topological polar surface area (TPSA) is 100 Å². The Morgan fingerprint density at radius 1 is 1.12 bits per heavy atom. The Bertz CT molecular complexity index is 1240. The highest BCUT2D eigenvalue weighted by Gasteiger charge is 2.28. The number of hydrogen-bond donors (Lipinski definition) is 3. The number of fused-ring (bicyclic) bond motifs is 1. The molecule has 166 valence electrons. The SMILES string of the molecule is CCc1ccc(S(=O)(=O)NC2CCc3ccc(Nc4ncccc4C(=O)NC)cc32)cc1. The van der Waals surface area contributed by atoms with Crippen LogP contribution in [0.2, 0.25) is 0 Å². The van der Waals surface area contributed by atoms with Crippen molar-refractivity contribution in [3.63, 3.8) is 0 Å². The number of pyridine rings is 1. The lowest BCUT2D eigenvalue weighted by atomic mass is 10.1. The van der Waals surface area contributed by atoms with Crippen LogP contribution in [0.3, 0.4) is 0 Å². The van der Waals surface area contributed by atoms with Crippen molar-refractivity contribution in [2.75, 3.05) is 12.4 Å². The van der Waals surface area contributed by atoms with E-state index in [2.05, 4.69) is 20.3 Å². The molecule has 1 amide bonds. The average Bonchev–Trinajstić information content (AvgIpc) is 3.20. The van der Waals surface area contributed by atoms with Gasteiger partial charge < -0.3 is 10.6 Å². The molecule has 3 N–H and O–H groups in total. The van der Waals surface area contributed by atoms with E-state index >= 15 is 0 Å². The number of aryl methyl sites for hydroxylation is 2. The van der Waals surface area contributed by atoms with Gasteiger partial charge in [-0.25, -0.2) is 18.1 Å². The minimum absolute atomic E-state index is 0.235. The van der Waals surface area contributed by atoms with Crippen molar-refractivity contribution in [2.24, 2.45) is 0 Å². The minimum atomic E-state index is -3.64. The predicted molar refractivity (Wildman–Crippen MR) is 125 cm³/mol. The molecule has 0 saturated carbocycles. The third-order valence-electron chi connectivity index (χ3n) is 5.71. The summed E-state index contributed by atoms with van der Waals surface area (Å²) in [6.07, 6.45) is 3.96. The first kappa shape index (κ1) is 22.0. The molecule has 3 aromatic rings. The zero-order valence-corrected chi connectivity index (χ0v) is 18.9. The van der Waals surface area contributed by atoms with Crippen LogP contribution in [0.25, 0.3) is 0 Å². The smallest absolute Gasteiger partial charge is 0.254 e. The van der Waals surface area contributed by atoms with Gasteiger partial charge in [0.15, 0.2) is 0 Å². The highest BCUT2D eigenvalue weighted by atomic mass is 32.2. The van der Waals surface area contributed by atoms with Crippen LogP contribution in [0.5, 0.6) is 0 Å². The summed E-state index contributed by atoms with van der Waals surface area (Å²) in [5.74, 6) is 0.208. The number of amides is 1. The van der Waals surface area contributed by atoms with Gasteiger partial charge in [0.2, 0.25) is 10.0 Å². The fourth-order valence-corrected chi connectivity index (χ4v) is 5.17. The van der Waals surface area contributed by atoms with E-state index in [1.807, 2.05) is 37.3 Å². The van der Waals surface area contributed by atoms with Crippen molar-refractivity contribution in [1.29, 1.82) is 0 Å². The summed E-state index contributed by atoms with van der Waals surface area (Å²) in [6.45, 7) is 2.03. The molecule has 1 aliphatic rings. The molecule has 1 heterocycles. The quantitative estimate of drug-likeness (QED) is 0.510. The van der Waals surface area contributed by atoms with Gasteiger partial charge in [0.25, 0.3) is 5.91 Å². The lowest BCUT2D eigenvalue weighted by Gasteiger charge is -2.16. The molecule has 0 radical (unpaired) electrons. The van der Waals surface area contributed by atoms with E-state index in [9.17, 15) is 13.2 Å². The molecular weight excluding hydrogens is 424 g/mol. The fraction of sp³-hybridized carbons (Fsp3) is 0.250. The highest BCUT2D eigenvalue weighted by molar-refractivity contribution is 7.89. The second-order valence-electron chi connectivity index (χ2n) is 7.73. The van der Waals surface area contributed by atoms with Crippen molar-refractivity contribution in [3.8, 4) is 0 Å². The molecule has 1 aliphatic carbocycles. The Morgan fingerprint density at radius 3 is 2.62 bits per heavy atom. The van der Waals surface area contributed by atoms with Crippen molar-refractivity contribution >= 4 is 27.4 Å². The van der Waals surface area contributed by atoms with Crippen molar-refractivity contribution in [1.82, 2.24) is 15.0 Å². The van der Waals surface area contributed by atoms with E-state index < -0.39 is 10.0 Å². The molecule has 1 unspecified atom stereocenters. The number of carbonyl (C=O) groups is 1. The van der Waals surface area contributed by atoms with Gasteiger partial charge in [-0.05, 0) is 72.4 Å². The van der Waals surface area contributed by atoms with E-state index in [0.717, 1.165) is 35.2 Å². The molecule has 32 heavy (non-hydrogen) atoms. The highest BCUT2D eigenvalue weighted by Crippen LogP contribution is 2.35. The molecular formula is C24H26N4O3S. The molecule has 0 bridgehead atoms. The Kier molecular flexibility index (Phi) is 6.25. The fourth-order valence-electron chi connectivity index (χ4n) is 3.92. The molecule has 8 heteroatoms. The van der Waals surface area contributed by atoms with Crippen LogP contribution < -0.4 is 15.4 Å². The number of anilines is 2. The van der Waals surface area contributed by atoms with E-state index in [1.165, 1.54) is 0 Å². The van der Waals surface area contributed by atoms with Crippen LogP contribution in [-0.2, 0) is 22.9 Å². The molecule has 0 spiro atoms. The number of aromatic nitrogens is 1. The van der Waals surface area contributed by atoms with Gasteiger partial charge in [0.1, 0.15) is 5.82 Å². The summed E-state index contributed by atoms with van der Waals surface area (Å²) >= 11 is 0. The van der Waals surface area contributed by atoms with Gasteiger partial charge in [0, 0.05) is 25.0 Å². The predicted octanol–water partition coefficient (Wildman–Crippen LogP) is 3.71. The number of sulfonamides is 1. The third-order valence-corrected chi connectivity index (χ3v) is 7.19. The maximum Gasteiger partial charge on any atom is 0.254 e. The molecule has 0 aliphatic heterocycles. The number of nitrogens with one attached hydrogen (secondary N) is 3. The molecule has 1 aromatic heterocycles. The van der Waals surface area contributed by atoms with Crippen LogP contribution >= 0.6 is 0 Å². The summed E-state index contributed by atoms with van der Waals surface area (Å²) in [5, 5.41) is 5.80. The Hall–Kier alpha value is -3.23. The Labute approximate surface area is 188 Å². The standard InChI is InChI=1S/C24H26N4O3S/c1-3-16-6-11-19(12-7-16)32(30,31)28-22-13-9-17-8-10-18(15-21(17)22)27-23-20(24(29)25-2)5-4-14-26-23/h4-8,10-12,14-15,22,28H,3,9,13H2,1-2H3,(H,25,29)(H,26,27). The van der Waals surface area contributed by atoms with Crippen molar-refractivity contribution in [2.45, 2.75) is 37.1 Å². The number of benzene rings is 2. The zero-order chi connectivity index (χ0) is 22.7. The van der Waals surface area contributed by atoms with E-state index in [1.54, 1.807) is 37.5 Å². The second kappa shape index (κ2) is 9.10. The van der Waals surface area contributed by atoms with Gasteiger partial charge in [0.05, 0.1) is 10.5 Å². The zero-order valence-electron chi connectivity index (χ0n) is 18.1. The monoisotopic (exact) mass is 450 g/mol. The largest absolute Gasteiger partial charge is 0.355 e. The molecule has 1 atom stereocenters. The molecule has 0 fully saturated rings. The first-order valence-corrected chi connectivity index (χ1v) is 12.1. The van der Waals surface area contributed by atoms with Gasteiger partial charge in [-0.3, -0.25) is 4.79 Å². The lowest BCUT2D eigenvalue weighted by molar-refractivity contribution is 0.0963. The van der Waals surface area contributed by atoms with Crippen LogP contribution in [0.1, 0.15) is 46.4 Å². The van der Waals surface area contributed by atoms with E-state index in [-0.39, 0.29) is 16.8 Å². The van der Waals surface area contributed by atoms with Gasteiger partial charge in [-0.15, -0.1) is 0 Å². The normalized spacial score (nSPS) is 15.2. The summed E-state index contributed by atoms with van der Waals surface area (Å²) in [6, 6.07) is 15.9. The molecule has 0 saturated heterocycles. The van der Waals surface area contributed by atoms with Crippen LogP contribution in [0, 0.1) is 0 Å². The third kappa shape index (κ3) is 4.51. The van der Waals surface area contributed by atoms with Gasteiger partial charge in [-0.1, -0.05) is 25.1 Å². The van der Waals surface area contributed by atoms with Crippen LogP contribution in [0.15, 0.2) is 65.7 Å². The van der Waals surface area contributed by atoms with Gasteiger partial charge in [-0.2, -0.15) is 0 Å². The van der Waals surface area contributed by atoms with Crippen molar-refractivity contribution < 1.29 is 13.2 Å². The first-order valence-electron chi connectivity index (χ1n) is 10.6. The lowest BCUT2D eigenvalue weighted by Crippen LogP contribution is -2.27. The maximum absolute atomic E-state index is 12.9. The first-order chi connectivity index (χ1) is 15.4. The summed E-state index contributed by atoms with van der Waals surface area (Å²) in [4.78, 5) is 16.7. The Balaban J connectivity index is 1.57. The minimum Gasteiger partial charge on any atom is -0.355 e. The molecule has 7 nitrogen and oxygen atoms in total. The number of carbonyl (C=O) groups excluding carboxylic acids is 1. The second-order valence-corrected chi connectivity index (χ2v) is 9.44. The van der Waals surface area contributed by atoms with E-state index in [0.29, 0.717) is 17.8 Å². The summed E-state index contributed by atoms with van der Waals surface area (Å²) in [5.41, 5.74) is 4.31.